The fraction of sp³-hybridized carbons (Fsp3) is 0.316. The standard InChI is InChI=1S/C19H25N3O2.HI/c1-14(2)24-18-10-6-16(7-11-18)22-19(20)21-13-12-15-4-8-17(23-3)9-5-15;/h4-11,14H,12-13H2,1-3H3,(H3,20,21,22);1H. The largest absolute Gasteiger partial charge is 0.497 e. The van der Waals surface area contributed by atoms with Gasteiger partial charge in [0.1, 0.15) is 11.5 Å². The summed E-state index contributed by atoms with van der Waals surface area (Å²) in [4.78, 5) is 4.35. The van der Waals surface area contributed by atoms with Crippen LogP contribution in [0.5, 0.6) is 11.5 Å². The molecule has 0 fully saturated rings. The molecule has 0 heterocycles. The van der Waals surface area contributed by atoms with Crippen LogP contribution in [0.3, 0.4) is 0 Å². The Balaban J connectivity index is 0.00000312. The minimum atomic E-state index is 0. The predicted molar refractivity (Wildman–Crippen MR) is 114 cm³/mol. The first kappa shape index (κ1) is 21.1. The van der Waals surface area contributed by atoms with Crippen LogP contribution >= 0.6 is 24.0 Å². The van der Waals surface area contributed by atoms with Gasteiger partial charge in [0, 0.05) is 12.2 Å². The zero-order valence-corrected chi connectivity index (χ0v) is 17.2. The molecule has 0 radical (unpaired) electrons. The summed E-state index contributed by atoms with van der Waals surface area (Å²) in [5, 5.41) is 3.08. The molecule has 0 saturated carbocycles. The van der Waals surface area contributed by atoms with Crippen LogP contribution in [-0.4, -0.2) is 25.7 Å². The molecule has 0 aliphatic heterocycles. The van der Waals surface area contributed by atoms with Crippen LogP contribution in [0, 0.1) is 0 Å². The van der Waals surface area contributed by atoms with Crippen molar-refractivity contribution in [3.8, 4) is 11.5 Å². The fourth-order valence-corrected chi connectivity index (χ4v) is 2.17. The van der Waals surface area contributed by atoms with E-state index in [0.29, 0.717) is 12.5 Å². The molecule has 0 spiro atoms. The van der Waals surface area contributed by atoms with E-state index in [1.165, 1.54) is 5.56 Å². The number of nitrogens with zero attached hydrogens (tertiary/aromatic N) is 1. The van der Waals surface area contributed by atoms with E-state index < -0.39 is 0 Å². The quantitative estimate of drug-likeness (QED) is 0.375. The van der Waals surface area contributed by atoms with E-state index in [1.807, 2.05) is 62.4 Å². The Bertz CT molecular complexity index is 655. The summed E-state index contributed by atoms with van der Waals surface area (Å²) in [7, 11) is 1.66. The lowest BCUT2D eigenvalue weighted by Gasteiger charge is -2.11. The van der Waals surface area contributed by atoms with E-state index in [1.54, 1.807) is 7.11 Å². The molecule has 0 bridgehead atoms. The second kappa shape index (κ2) is 10.8. The Morgan fingerprint density at radius 1 is 1.04 bits per heavy atom. The molecular formula is C19H26IN3O2. The van der Waals surface area contributed by atoms with E-state index in [-0.39, 0.29) is 30.1 Å². The predicted octanol–water partition coefficient (Wildman–Crippen LogP) is 4.07. The Kier molecular flexibility index (Phi) is 9.12. The highest BCUT2D eigenvalue weighted by Crippen LogP contribution is 2.16. The average Bonchev–Trinajstić information content (AvgIpc) is 2.57. The SMILES string of the molecule is COc1ccc(CCN=C(N)Nc2ccc(OC(C)C)cc2)cc1.I. The normalized spacial score (nSPS) is 11.0. The number of aliphatic imine (C=N–C) groups is 1. The van der Waals surface area contributed by atoms with Crippen LogP contribution in [0.2, 0.25) is 0 Å². The van der Waals surface area contributed by atoms with Gasteiger partial charge in [0.25, 0.3) is 0 Å². The van der Waals surface area contributed by atoms with Crippen LogP contribution in [0.4, 0.5) is 5.69 Å². The summed E-state index contributed by atoms with van der Waals surface area (Å²) in [5.41, 5.74) is 8.00. The van der Waals surface area contributed by atoms with E-state index >= 15 is 0 Å². The Labute approximate surface area is 166 Å². The molecule has 3 N–H and O–H groups in total. The lowest BCUT2D eigenvalue weighted by atomic mass is 10.1. The maximum absolute atomic E-state index is 5.92. The number of methoxy groups -OCH3 is 1. The summed E-state index contributed by atoms with van der Waals surface area (Å²) >= 11 is 0. The Hall–Kier alpha value is -1.96. The van der Waals surface area contributed by atoms with Crippen LogP contribution < -0.4 is 20.5 Å². The highest BCUT2D eigenvalue weighted by Gasteiger charge is 1.99. The molecule has 0 unspecified atom stereocenters. The van der Waals surface area contributed by atoms with E-state index in [2.05, 4.69) is 10.3 Å². The van der Waals surface area contributed by atoms with Crippen molar-refractivity contribution in [3.63, 3.8) is 0 Å². The first-order valence-corrected chi connectivity index (χ1v) is 8.03. The van der Waals surface area contributed by atoms with Gasteiger partial charge in [-0.3, -0.25) is 4.99 Å². The number of rotatable bonds is 7. The van der Waals surface area contributed by atoms with E-state index in [4.69, 9.17) is 15.2 Å². The number of halogens is 1. The van der Waals surface area contributed by atoms with Crippen LogP contribution in [-0.2, 0) is 6.42 Å². The third-order valence-electron chi connectivity index (χ3n) is 3.34. The van der Waals surface area contributed by atoms with Gasteiger partial charge in [0.05, 0.1) is 13.2 Å². The number of anilines is 1. The van der Waals surface area contributed by atoms with Gasteiger partial charge in [-0.05, 0) is 62.2 Å². The maximum Gasteiger partial charge on any atom is 0.193 e. The molecule has 5 nitrogen and oxygen atoms in total. The summed E-state index contributed by atoms with van der Waals surface area (Å²) in [6, 6.07) is 15.6. The number of nitrogens with two attached hydrogens (primary N) is 1. The maximum atomic E-state index is 5.92. The van der Waals surface area contributed by atoms with Gasteiger partial charge in [0.15, 0.2) is 5.96 Å². The topological polar surface area (TPSA) is 68.9 Å². The number of hydrogen-bond acceptors (Lipinski definition) is 3. The first-order chi connectivity index (χ1) is 11.6. The summed E-state index contributed by atoms with van der Waals surface area (Å²) < 4.78 is 10.7. The molecule has 25 heavy (non-hydrogen) atoms. The van der Waals surface area contributed by atoms with Gasteiger partial charge in [0.2, 0.25) is 0 Å². The minimum Gasteiger partial charge on any atom is -0.497 e. The zero-order chi connectivity index (χ0) is 17.4. The van der Waals surface area contributed by atoms with E-state index in [9.17, 15) is 0 Å². The molecule has 2 rings (SSSR count). The van der Waals surface area contributed by atoms with Crippen molar-refractivity contribution < 1.29 is 9.47 Å². The van der Waals surface area contributed by atoms with Crippen LogP contribution in [0.15, 0.2) is 53.5 Å². The van der Waals surface area contributed by atoms with Crippen molar-refractivity contribution in [2.24, 2.45) is 10.7 Å². The number of ether oxygens (including phenoxy) is 2. The van der Waals surface area contributed by atoms with Gasteiger partial charge in [-0.15, -0.1) is 24.0 Å². The summed E-state index contributed by atoms with van der Waals surface area (Å²) in [5.74, 6) is 2.10. The molecule has 0 aromatic heterocycles. The van der Waals surface area contributed by atoms with Gasteiger partial charge < -0.3 is 20.5 Å². The van der Waals surface area contributed by atoms with Gasteiger partial charge in [-0.25, -0.2) is 0 Å². The minimum absolute atomic E-state index is 0. The fourth-order valence-electron chi connectivity index (χ4n) is 2.17. The van der Waals surface area contributed by atoms with Crippen molar-refractivity contribution in [1.29, 1.82) is 0 Å². The molecule has 0 amide bonds. The highest BCUT2D eigenvalue weighted by molar-refractivity contribution is 14.0. The lowest BCUT2D eigenvalue weighted by Crippen LogP contribution is -2.23. The van der Waals surface area contributed by atoms with Crippen molar-refractivity contribution >= 4 is 35.6 Å². The molecule has 2 aromatic carbocycles. The first-order valence-electron chi connectivity index (χ1n) is 8.03. The van der Waals surface area contributed by atoms with Crippen molar-refractivity contribution in [1.82, 2.24) is 0 Å². The Morgan fingerprint density at radius 3 is 2.20 bits per heavy atom. The van der Waals surface area contributed by atoms with Gasteiger partial charge >= 0.3 is 0 Å². The number of benzene rings is 2. The molecule has 2 aromatic rings. The Morgan fingerprint density at radius 2 is 1.64 bits per heavy atom. The molecule has 6 heteroatoms. The van der Waals surface area contributed by atoms with E-state index in [0.717, 1.165) is 23.6 Å². The van der Waals surface area contributed by atoms with Crippen LogP contribution in [0.1, 0.15) is 19.4 Å². The summed E-state index contributed by atoms with van der Waals surface area (Å²) in [6.45, 7) is 4.62. The second-order valence-electron chi connectivity index (χ2n) is 5.68. The number of nitrogens with one attached hydrogen (secondary N) is 1. The second-order valence-corrected chi connectivity index (χ2v) is 5.68. The average molecular weight is 455 g/mol. The molecule has 0 saturated heterocycles. The van der Waals surface area contributed by atoms with Crippen molar-refractivity contribution in [3.05, 3.63) is 54.1 Å². The summed E-state index contributed by atoms with van der Waals surface area (Å²) in [6.07, 6.45) is 0.987. The van der Waals surface area contributed by atoms with Gasteiger partial charge in [-0.2, -0.15) is 0 Å². The zero-order valence-electron chi connectivity index (χ0n) is 14.9. The van der Waals surface area contributed by atoms with Crippen molar-refractivity contribution in [2.75, 3.05) is 19.0 Å². The molecule has 0 atom stereocenters. The highest BCUT2D eigenvalue weighted by atomic mass is 127. The smallest absolute Gasteiger partial charge is 0.193 e. The van der Waals surface area contributed by atoms with Gasteiger partial charge in [-0.1, -0.05) is 12.1 Å². The third kappa shape index (κ3) is 7.64. The number of hydrogen-bond donors (Lipinski definition) is 2. The molecular weight excluding hydrogens is 429 g/mol. The number of guanidine groups is 1. The molecule has 136 valence electrons. The van der Waals surface area contributed by atoms with Crippen LogP contribution in [0.25, 0.3) is 0 Å². The van der Waals surface area contributed by atoms with Crippen molar-refractivity contribution in [2.45, 2.75) is 26.4 Å². The molecule has 0 aliphatic rings. The molecule has 0 aliphatic carbocycles. The lowest BCUT2D eigenvalue weighted by molar-refractivity contribution is 0.242. The third-order valence-corrected chi connectivity index (χ3v) is 3.34. The monoisotopic (exact) mass is 455 g/mol.